The molecule has 0 N–H and O–H groups in total. The van der Waals surface area contributed by atoms with Crippen molar-refractivity contribution in [2.24, 2.45) is 0 Å². The number of hydrogen-bond acceptors (Lipinski definition) is 0. The van der Waals surface area contributed by atoms with Crippen molar-refractivity contribution in [2.75, 3.05) is 0 Å². The smallest absolute Gasteiger partial charge is 1.00 e. The third-order valence-corrected chi connectivity index (χ3v) is 0. The van der Waals surface area contributed by atoms with E-state index in [0.29, 0.717) is 0 Å². The predicted molar refractivity (Wildman–Crippen MR) is 53.6 cm³/mol. The van der Waals surface area contributed by atoms with E-state index < -0.39 is 0 Å². The largest absolute Gasteiger partial charge is 3.00 e. The molecule has 0 saturated heterocycles. The Hall–Kier alpha value is 4.98. The molecule has 0 fully saturated rings. The fourth-order valence-corrected chi connectivity index (χ4v) is 0. The van der Waals surface area contributed by atoms with Gasteiger partial charge < -0.3 is 71.9 Å². The molecule has 0 nitrogen and oxygen atoms in total. The summed E-state index contributed by atoms with van der Waals surface area (Å²) in [6.45, 7) is 0. The van der Waals surface area contributed by atoms with Crippen LogP contribution in [0.25, 0.3) is 0 Å². The molecule has 0 rings (SSSR count). The van der Waals surface area contributed by atoms with Crippen LogP contribution in [0.2, 0.25) is 0 Å². The van der Waals surface area contributed by atoms with E-state index in [1.807, 2.05) is 0 Å². The fraction of sp³-hybridized carbons (Fsp3) is 0. The van der Waals surface area contributed by atoms with E-state index in [1.165, 1.54) is 0 Å². The maximum absolute atomic E-state index is 2.32. The molecule has 0 unspecified atom stereocenters. The van der Waals surface area contributed by atoms with Crippen molar-refractivity contribution in [1.29, 1.82) is 0 Å². The van der Waals surface area contributed by atoms with Crippen LogP contribution in [-0.4, -0.2) is 17.6 Å². The van der Waals surface area contributed by atoms with E-state index in [2.05, 4.69) is 67.1 Å². The van der Waals surface area contributed by atoms with Gasteiger partial charge in [0.25, 0.3) is 0 Å². The van der Waals surface area contributed by atoms with Gasteiger partial charge in [-0.1, -0.05) is 0 Å². The maximum Gasteiger partial charge on any atom is 3.00 e. The van der Waals surface area contributed by atoms with E-state index in [1.54, 1.807) is 0 Å². The van der Waals surface area contributed by atoms with Crippen molar-refractivity contribution in [2.45, 2.75) is 0 Å². The second kappa shape index (κ2) is 22.7. The SMILES string of the molecule is IB(I)I.[Al+3].[I-].[I-].[I-]. The van der Waals surface area contributed by atoms with Gasteiger partial charge in [-0.3, -0.25) is 0 Å². The van der Waals surface area contributed by atoms with Gasteiger partial charge in [0, 0.05) is 0 Å². The summed E-state index contributed by atoms with van der Waals surface area (Å²) in [5.74, 6) is 0. The standard InChI is InChI=1S/Al.BI3.3HI/c;2-1(3)4;;;/h;;3*1H/q+3;;;;/p-3. The zero-order valence-corrected chi connectivity index (χ0v) is 17.5. The summed E-state index contributed by atoms with van der Waals surface area (Å²) in [5.41, 5.74) is 0. The summed E-state index contributed by atoms with van der Waals surface area (Å²) < 4.78 is 0.743. The summed E-state index contributed by atoms with van der Waals surface area (Å²) in [7, 11) is 0. The van der Waals surface area contributed by atoms with Crippen molar-refractivity contribution >= 4 is 84.8 Å². The Kier molecular flexibility index (Phi) is 82.9. The molecule has 8 heavy (non-hydrogen) atoms. The van der Waals surface area contributed by atoms with Crippen LogP contribution >= 0.6 is 67.1 Å². The molecule has 48 valence electrons. The molecule has 0 saturated carbocycles. The van der Waals surface area contributed by atoms with Crippen LogP contribution in [0.5, 0.6) is 0 Å². The molecule has 0 spiro atoms. The van der Waals surface area contributed by atoms with E-state index >= 15 is 0 Å². The van der Waals surface area contributed by atoms with Gasteiger partial charge >= 0.3 is 17.6 Å². The molecule has 0 amide bonds. The van der Waals surface area contributed by atoms with Crippen LogP contribution in [0, 0.1) is 0 Å². The molecule has 0 aromatic rings. The molecule has 0 aliphatic heterocycles. The minimum absolute atomic E-state index is 0. The number of rotatable bonds is 0. The third kappa shape index (κ3) is 44.1. The summed E-state index contributed by atoms with van der Waals surface area (Å²) >= 11 is 6.95. The Morgan fingerprint density at radius 1 is 0.750 bits per heavy atom. The van der Waals surface area contributed by atoms with Gasteiger partial charge in [0.15, 0.2) is 0 Å². The molecule has 8 heteroatoms. The van der Waals surface area contributed by atoms with Crippen LogP contribution in [-0.2, 0) is 0 Å². The van der Waals surface area contributed by atoms with Crippen molar-refractivity contribution in [1.82, 2.24) is 0 Å². The minimum Gasteiger partial charge on any atom is -1.00 e. The predicted octanol–water partition coefficient (Wildman–Crippen LogP) is -7.09. The first-order valence-corrected chi connectivity index (χ1v) is 4.39. The first kappa shape index (κ1) is 29.3. The van der Waals surface area contributed by atoms with Crippen molar-refractivity contribution in [3.63, 3.8) is 0 Å². The molecule has 0 radical (unpaired) electrons. The van der Waals surface area contributed by atoms with Crippen LogP contribution < -0.4 is 71.9 Å². The van der Waals surface area contributed by atoms with Gasteiger partial charge in [-0.2, -0.15) is 0 Å². The Bertz CT molecular complexity index is 13.2. The van der Waals surface area contributed by atoms with E-state index in [-0.39, 0.29) is 89.3 Å². The van der Waals surface area contributed by atoms with E-state index in [4.69, 9.17) is 0 Å². The monoisotopic (exact) mass is 799 g/mol. The topological polar surface area (TPSA) is 0 Å². The molecule has 0 aliphatic carbocycles. The number of halogens is 6. The molecular weight excluding hydrogens is 799 g/mol. The van der Waals surface area contributed by atoms with Gasteiger partial charge in [0.05, 0.1) is 0 Å². The molecule has 0 bridgehead atoms. The fourth-order valence-electron chi connectivity index (χ4n) is 0. The molecule has 0 aliphatic rings. The summed E-state index contributed by atoms with van der Waals surface area (Å²) in [6.07, 6.45) is 0. The first-order chi connectivity index (χ1) is 1.73. The van der Waals surface area contributed by atoms with E-state index in [9.17, 15) is 0 Å². The maximum atomic E-state index is 2.32. The molecular formula is AlBI6. The normalized spacial score (nSPS) is 3.38. The average molecular weight is 799 g/mol. The summed E-state index contributed by atoms with van der Waals surface area (Å²) in [6, 6.07) is 0. The van der Waals surface area contributed by atoms with Crippen LogP contribution in [0.4, 0.5) is 0 Å². The van der Waals surface area contributed by atoms with Crippen molar-refractivity contribution < 1.29 is 71.9 Å². The van der Waals surface area contributed by atoms with Crippen molar-refractivity contribution in [3.05, 3.63) is 0 Å². The quantitative estimate of drug-likeness (QED) is 0.169. The molecule has 0 atom stereocenters. The Labute approximate surface area is 152 Å². The molecule has 0 aromatic heterocycles. The van der Waals surface area contributed by atoms with Gasteiger partial charge in [0.1, 0.15) is 0 Å². The Morgan fingerprint density at radius 2 is 0.750 bits per heavy atom. The minimum atomic E-state index is 0. The van der Waals surface area contributed by atoms with Crippen molar-refractivity contribution in [3.8, 4) is 0 Å². The van der Waals surface area contributed by atoms with Crippen LogP contribution in [0.3, 0.4) is 0 Å². The van der Waals surface area contributed by atoms with Crippen LogP contribution in [0.15, 0.2) is 0 Å². The van der Waals surface area contributed by atoms with Gasteiger partial charge in [-0.15, -0.1) is 67.1 Å². The molecule has 0 aromatic carbocycles. The Morgan fingerprint density at radius 3 is 0.750 bits per heavy atom. The van der Waals surface area contributed by atoms with Gasteiger partial charge in [-0.05, 0) is 0 Å². The Balaban J connectivity index is -0.00000000750. The zero-order valence-electron chi connectivity index (χ0n) is 3.42. The zero-order chi connectivity index (χ0) is 3.58. The summed E-state index contributed by atoms with van der Waals surface area (Å²) in [4.78, 5) is 0. The van der Waals surface area contributed by atoms with Gasteiger partial charge in [-0.25, -0.2) is 0 Å². The second-order valence-electron chi connectivity index (χ2n) is 0.247. The average Bonchev–Trinajstić information content (AvgIpc) is 0.811. The molecule has 0 heterocycles. The van der Waals surface area contributed by atoms with Gasteiger partial charge in [0.2, 0.25) is 0 Å². The number of hydrogen-bond donors (Lipinski definition) is 0. The first-order valence-electron chi connectivity index (χ1n) is 0.655. The summed E-state index contributed by atoms with van der Waals surface area (Å²) in [5, 5.41) is 0. The van der Waals surface area contributed by atoms with Crippen LogP contribution in [0.1, 0.15) is 0 Å². The van der Waals surface area contributed by atoms with E-state index in [0.717, 1.165) is 0.282 Å². The second-order valence-corrected chi connectivity index (χ2v) is 11.1. The third-order valence-electron chi connectivity index (χ3n) is 0.